The summed E-state index contributed by atoms with van der Waals surface area (Å²) in [6.07, 6.45) is 6.83. The van der Waals surface area contributed by atoms with E-state index in [0.717, 1.165) is 17.8 Å². The Hall–Kier alpha value is -2.43. The predicted molar refractivity (Wildman–Crippen MR) is 80.2 cm³/mol. The lowest BCUT2D eigenvalue weighted by Crippen LogP contribution is -2.15. The first-order chi connectivity index (χ1) is 9.54. The zero-order valence-corrected chi connectivity index (χ0v) is 11.6. The molecule has 0 radical (unpaired) electrons. The molecule has 2 rings (SSSR count). The molecule has 0 fully saturated rings. The summed E-state index contributed by atoms with van der Waals surface area (Å²) in [5, 5.41) is 16.8. The van der Waals surface area contributed by atoms with Crippen molar-refractivity contribution in [3.63, 3.8) is 0 Å². The largest absolute Gasteiger partial charge is 0.264 e. The third-order valence-corrected chi connectivity index (χ3v) is 2.78. The average Bonchev–Trinajstić information content (AvgIpc) is 2.38. The van der Waals surface area contributed by atoms with E-state index < -0.39 is 0 Å². The number of hydrogen-bond donors (Lipinski definition) is 0. The lowest BCUT2D eigenvalue weighted by atomic mass is 10.1. The molecule has 1 aliphatic heterocycles. The van der Waals surface area contributed by atoms with E-state index in [4.69, 9.17) is 0 Å². The molecule has 104 valence electrons. The second-order valence-electron chi connectivity index (χ2n) is 4.90. The van der Waals surface area contributed by atoms with E-state index >= 15 is 0 Å². The summed E-state index contributed by atoms with van der Waals surface area (Å²) in [6.45, 7) is 3.93. The maximum Gasteiger partial charge on any atom is 0.228 e. The average molecular weight is 271 g/mol. The highest BCUT2D eigenvalue weighted by Gasteiger charge is 2.08. The van der Waals surface area contributed by atoms with Crippen LogP contribution in [0.1, 0.15) is 25.8 Å². The fourth-order valence-electron chi connectivity index (χ4n) is 1.95. The van der Waals surface area contributed by atoms with Crippen molar-refractivity contribution in [3.8, 4) is 0 Å². The fourth-order valence-corrected chi connectivity index (χ4v) is 1.95. The van der Waals surface area contributed by atoms with Crippen LogP contribution < -0.4 is 5.01 Å². The molecule has 0 bridgehead atoms. The fraction of sp³-hybridized carbons (Fsp3) is 0.267. The van der Waals surface area contributed by atoms with Gasteiger partial charge in [-0.25, -0.2) is 5.01 Å². The Bertz CT molecular complexity index is 582. The van der Waals surface area contributed by atoms with Gasteiger partial charge in [-0.3, -0.25) is 10.1 Å². The van der Waals surface area contributed by atoms with Gasteiger partial charge in [-0.2, -0.15) is 5.10 Å². The zero-order chi connectivity index (χ0) is 14.5. The van der Waals surface area contributed by atoms with Gasteiger partial charge in [0.15, 0.2) is 0 Å². The molecular formula is C15H17N3O2. The third-order valence-electron chi connectivity index (χ3n) is 2.78. The molecule has 5 heteroatoms. The van der Waals surface area contributed by atoms with Crippen LogP contribution in [-0.4, -0.2) is 10.6 Å². The molecule has 5 nitrogen and oxygen atoms in total. The molecule has 0 aromatic heterocycles. The number of benzene rings is 1. The number of nitrogens with zero attached hydrogens (tertiary/aromatic N) is 3. The lowest BCUT2D eigenvalue weighted by molar-refractivity contribution is -0.496. The van der Waals surface area contributed by atoms with Crippen molar-refractivity contribution in [2.75, 3.05) is 5.01 Å². The van der Waals surface area contributed by atoms with Gasteiger partial charge >= 0.3 is 0 Å². The molecule has 0 unspecified atom stereocenters. The number of allylic oxidation sites excluding steroid dienone is 3. The monoisotopic (exact) mass is 271 g/mol. The molecule has 0 amide bonds. The number of anilines is 1. The van der Waals surface area contributed by atoms with Crippen molar-refractivity contribution >= 4 is 11.4 Å². The van der Waals surface area contributed by atoms with Gasteiger partial charge in [0.1, 0.15) is 0 Å². The van der Waals surface area contributed by atoms with Crippen LogP contribution in [0.4, 0.5) is 5.69 Å². The summed E-state index contributed by atoms with van der Waals surface area (Å²) in [6, 6.07) is 7.21. The SMILES string of the molecule is CC(C)=CC1=NN(c2ccc(C[N+](=O)[O-])cc2)C=CC1. The number of rotatable bonds is 4. The molecule has 20 heavy (non-hydrogen) atoms. The first-order valence-corrected chi connectivity index (χ1v) is 6.43. The normalized spacial score (nSPS) is 13.9. The second kappa shape index (κ2) is 6.14. The summed E-state index contributed by atoms with van der Waals surface area (Å²) in [5.41, 5.74) is 3.79. The van der Waals surface area contributed by atoms with Crippen molar-refractivity contribution in [1.29, 1.82) is 0 Å². The van der Waals surface area contributed by atoms with Gasteiger partial charge in [-0.05, 0) is 32.1 Å². The highest BCUT2D eigenvalue weighted by atomic mass is 16.6. The van der Waals surface area contributed by atoms with Crippen LogP contribution in [0.2, 0.25) is 0 Å². The molecule has 1 heterocycles. The molecule has 0 atom stereocenters. The highest BCUT2D eigenvalue weighted by molar-refractivity contribution is 5.97. The third kappa shape index (κ3) is 3.78. The van der Waals surface area contributed by atoms with Gasteiger partial charge in [-0.1, -0.05) is 23.8 Å². The van der Waals surface area contributed by atoms with Crippen LogP contribution in [0.5, 0.6) is 0 Å². The predicted octanol–water partition coefficient (Wildman–Crippen LogP) is 3.51. The Morgan fingerprint density at radius 1 is 1.40 bits per heavy atom. The molecule has 1 aromatic carbocycles. The van der Waals surface area contributed by atoms with E-state index in [0.29, 0.717) is 5.56 Å². The standard InChI is InChI=1S/C15H17N3O2/c1-12(2)10-14-4-3-9-17(16-14)15-7-5-13(6-8-15)11-18(19)20/h3,5-10H,4,11H2,1-2H3. The van der Waals surface area contributed by atoms with E-state index in [1.807, 2.05) is 38.3 Å². The van der Waals surface area contributed by atoms with E-state index in [-0.39, 0.29) is 11.5 Å². The minimum Gasteiger partial charge on any atom is -0.264 e. The minimum atomic E-state index is -0.332. The Morgan fingerprint density at radius 2 is 2.10 bits per heavy atom. The Balaban J connectivity index is 2.16. The topological polar surface area (TPSA) is 58.7 Å². The van der Waals surface area contributed by atoms with Crippen molar-refractivity contribution in [2.45, 2.75) is 26.8 Å². The van der Waals surface area contributed by atoms with Crippen LogP contribution in [-0.2, 0) is 6.54 Å². The van der Waals surface area contributed by atoms with Gasteiger partial charge in [0, 0.05) is 23.1 Å². The molecule has 0 saturated carbocycles. The zero-order valence-electron chi connectivity index (χ0n) is 11.6. The van der Waals surface area contributed by atoms with Crippen molar-refractivity contribution in [3.05, 3.63) is 63.9 Å². The van der Waals surface area contributed by atoms with Crippen molar-refractivity contribution < 1.29 is 4.92 Å². The number of hydrazone groups is 1. The highest BCUT2D eigenvalue weighted by Crippen LogP contribution is 2.19. The smallest absolute Gasteiger partial charge is 0.228 e. The molecule has 0 N–H and O–H groups in total. The van der Waals surface area contributed by atoms with Crippen LogP contribution in [0.25, 0.3) is 0 Å². The molecule has 0 aliphatic carbocycles. The first-order valence-electron chi connectivity index (χ1n) is 6.43. The van der Waals surface area contributed by atoms with Crippen LogP contribution in [0.15, 0.2) is 53.3 Å². The first kappa shape index (κ1) is 14.0. The molecule has 0 spiro atoms. The summed E-state index contributed by atoms with van der Waals surface area (Å²) in [4.78, 5) is 10.1. The van der Waals surface area contributed by atoms with E-state index in [1.165, 1.54) is 5.57 Å². The van der Waals surface area contributed by atoms with Crippen LogP contribution in [0, 0.1) is 10.1 Å². The second-order valence-corrected chi connectivity index (χ2v) is 4.90. The van der Waals surface area contributed by atoms with Gasteiger partial charge in [0.25, 0.3) is 0 Å². The maximum atomic E-state index is 10.5. The molecule has 0 saturated heterocycles. The Labute approximate surface area is 118 Å². The molecule has 1 aromatic rings. The van der Waals surface area contributed by atoms with E-state index in [2.05, 4.69) is 11.2 Å². The Kier molecular flexibility index (Phi) is 4.30. The van der Waals surface area contributed by atoms with Gasteiger partial charge in [0.05, 0.1) is 11.4 Å². The maximum absolute atomic E-state index is 10.5. The quantitative estimate of drug-likeness (QED) is 0.622. The number of hydrogen-bond acceptors (Lipinski definition) is 4. The van der Waals surface area contributed by atoms with Gasteiger partial charge < -0.3 is 0 Å². The Morgan fingerprint density at radius 3 is 2.70 bits per heavy atom. The van der Waals surface area contributed by atoms with Gasteiger partial charge in [-0.15, -0.1) is 0 Å². The summed E-state index contributed by atoms with van der Waals surface area (Å²) < 4.78 is 0. The van der Waals surface area contributed by atoms with E-state index in [1.54, 1.807) is 17.1 Å². The van der Waals surface area contributed by atoms with Crippen molar-refractivity contribution in [1.82, 2.24) is 0 Å². The lowest BCUT2D eigenvalue weighted by Gasteiger charge is -2.19. The summed E-state index contributed by atoms with van der Waals surface area (Å²) in [5.74, 6) is 0. The minimum absolute atomic E-state index is 0.150. The summed E-state index contributed by atoms with van der Waals surface area (Å²) >= 11 is 0. The van der Waals surface area contributed by atoms with E-state index in [9.17, 15) is 10.1 Å². The molecular weight excluding hydrogens is 254 g/mol. The molecule has 1 aliphatic rings. The van der Waals surface area contributed by atoms with Gasteiger partial charge in [0.2, 0.25) is 6.54 Å². The number of nitro groups is 1. The summed E-state index contributed by atoms with van der Waals surface area (Å²) in [7, 11) is 0. The van der Waals surface area contributed by atoms with Crippen LogP contribution in [0.3, 0.4) is 0 Å². The van der Waals surface area contributed by atoms with Crippen molar-refractivity contribution in [2.24, 2.45) is 5.10 Å². The van der Waals surface area contributed by atoms with Crippen LogP contribution >= 0.6 is 0 Å².